The molecule has 0 unspecified atom stereocenters. The first-order valence-corrected chi connectivity index (χ1v) is 9.79. The van der Waals surface area contributed by atoms with Gasteiger partial charge in [0, 0.05) is 18.8 Å². The second-order valence-electron chi connectivity index (χ2n) is 8.04. The average Bonchev–Trinajstić information content (AvgIpc) is 3.06. The highest BCUT2D eigenvalue weighted by Gasteiger charge is 2.43. The predicted octanol–water partition coefficient (Wildman–Crippen LogP) is 3.77. The molecule has 1 aliphatic carbocycles. The van der Waals surface area contributed by atoms with Crippen LogP contribution >= 0.6 is 0 Å². The molecule has 2 aromatic rings. The average molecular weight is 407 g/mol. The number of ether oxygens (including phenoxy) is 1. The molecular weight excluding hydrogens is 383 g/mol. The van der Waals surface area contributed by atoms with Crippen molar-refractivity contribution in [3.63, 3.8) is 0 Å². The number of aliphatic hydroxyl groups is 1. The van der Waals surface area contributed by atoms with Crippen LogP contribution in [0.15, 0.2) is 30.3 Å². The zero-order valence-electron chi connectivity index (χ0n) is 16.4. The van der Waals surface area contributed by atoms with Gasteiger partial charge in [-0.2, -0.15) is 13.2 Å². The first-order valence-electron chi connectivity index (χ1n) is 9.79. The second-order valence-corrected chi connectivity index (χ2v) is 8.04. The number of hydrogen-bond acceptors (Lipinski definition) is 5. The Labute approximate surface area is 167 Å². The third kappa shape index (κ3) is 4.17. The lowest BCUT2D eigenvalue weighted by Crippen LogP contribution is -2.42. The van der Waals surface area contributed by atoms with Crippen molar-refractivity contribution in [3.05, 3.63) is 47.4 Å². The molecule has 2 aliphatic rings. The molecule has 1 saturated heterocycles. The number of fused-ring (bicyclic) bond motifs is 1. The van der Waals surface area contributed by atoms with Gasteiger partial charge >= 0.3 is 6.18 Å². The summed E-state index contributed by atoms with van der Waals surface area (Å²) in [5, 5.41) is 10.6. The van der Waals surface area contributed by atoms with Gasteiger partial charge in [0.25, 0.3) is 0 Å². The Kier molecular flexibility index (Phi) is 5.14. The maximum Gasteiger partial charge on any atom is 0.433 e. The van der Waals surface area contributed by atoms with Gasteiger partial charge in [0.15, 0.2) is 0 Å². The molecule has 4 atom stereocenters. The molecule has 1 aliphatic heterocycles. The molecule has 2 aromatic heterocycles. The molecule has 1 N–H and O–H groups in total. The summed E-state index contributed by atoms with van der Waals surface area (Å²) >= 11 is 0. The van der Waals surface area contributed by atoms with Crippen molar-refractivity contribution in [1.29, 1.82) is 0 Å². The summed E-state index contributed by atoms with van der Waals surface area (Å²) in [6.45, 7) is 4.98. The van der Waals surface area contributed by atoms with Crippen molar-refractivity contribution in [1.82, 2.24) is 9.97 Å². The summed E-state index contributed by atoms with van der Waals surface area (Å²) < 4.78 is 45.0. The fraction of sp³-hybridized carbons (Fsp3) is 0.524. The Balaban J connectivity index is 1.46. The summed E-state index contributed by atoms with van der Waals surface area (Å²) in [5.41, 5.74) is 0.799. The molecule has 0 bridgehead atoms. The number of aromatic nitrogens is 2. The number of rotatable bonds is 3. The lowest BCUT2D eigenvalue weighted by atomic mass is 9.78. The summed E-state index contributed by atoms with van der Waals surface area (Å²) in [6.07, 6.45) is -4.23. The molecular formula is C21H24F3N3O2. The van der Waals surface area contributed by atoms with E-state index in [0.717, 1.165) is 17.5 Å². The Morgan fingerprint density at radius 1 is 1.03 bits per heavy atom. The number of halogens is 3. The Hall–Kier alpha value is -2.35. The first-order chi connectivity index (χ1) is 13.7. The van der Waals surface area contributed by atoms with E-state index in [4.69, 9.17) is 4.74 Å². The number of alkyl halides is 3. The standard InChI is InChI=1S/C21H24F3N3O2/c1-12-6-7-17(13(2)25-12)29-18-9-15-11-27(10-14(15)8-16(18)28)20-5-3-4-19(26-20)21(22,23)24/h3-7,14-16,18,28H,8-11H2,1-2H3/t14-,15+,16+,18+/m0/s1. The third-order valence-electron chi connectivity index (χ3n) is 5.89. The van der Waals surface area contributed by atoms with Gasteiger partial charge in [0.05, 0.1) is 11.8 Å². The Morgan fingerprint density at radius 3 is 2.45 bits per heavy atom. The first kappa shape index (κ1) is 19.9. The van der Waals surface area contributed by atoms with Crippen molar-refractivity contribution < 1.29 is 23.0 Å². The largest absolute Gasteiger partial charge is 0.486 e. The van der Waals surface area contributed by atoms with Crippen LogP contribution in [0.4, 0.5) is 19.0 Å². The zero-order valence-corrected chi connectivity index (χ0v) is 16.4. The van der Waals surface area contributed by atoms with E-state index in [1.807, 2.05) is 30.9 Å². The van der Waals surface area contributed by atoms with E-state index in [-0.39, 0.29) is 17.9 Å². The number of anilines is 1. The molecule has 29 heavy (non-hydrogen) atoms. The van der Waals surface area contributed by atoms with Gasteiger partial charge in [-0.1, -0.05) is 6.07 Å². The summed E-state index contributed by atoms with van der Waals surface area (Å²) in [6, 6.07) is 7.72. The SMILES string of the molecule is Cc1ccc(O[C@@H]2C[C@@H]3CN(c4cccc(C(F)(F)F)n4)C[C@@H]3C[C@H]2O)c(C)n1. The minimum atomic E-state index is -4.46. The second kappa shape index (κ2) is 7.48. The van der Waals surface area contributed by atoms with Gasteiger partial charge in [-0.05, 0) is 62.8 Å². The Morgan fingerprint density at radius 2 is 1.76 bits per heavy atom. The molecule has 0 spiro atoms. The highest BCUT2D eigenvalue weighted by atomic mass is 19.4. The van der Waals surface area contributed by atoms with Crippen LogP contribution in [0.5, 0.6) is 5.75 Å². The van der Waals surface area contributed by atoms with E-state index in [0.29, 0.717) is 37.5 Å². The number of nitrogens with zero attached hydrogens (tertiary/aromatic N) is 3. The lowest BCUT2D eigenvalue weighted by Gasteiger charge is -2.35. The van der Waals surface area contributed by atoms with Gasteiger partial charge < -0.3 is 14.7 Å². The molecule has 1 saturated carbocycles. The van der Waals surface area contributed by atoms with E-state index >= 15 is 0 Å². The molecule has 0 amide bonds. The summed E-state index contributed by atoms with van der Waals surface area (Å²) in [4.78, 5) is 10.1. The van der Waals surface area contributed by atoms with Gasteiger partial charge in [-0.15, -0.1) is 0 Å². The Bertz CT molecular complexity index is 890. The van der Waals surface area contributed by atoms with Crippen molar-refractivity contribution >= 4 is 5.82 Å². The van der Waals surface area contributed by atoms with E-state index in [9.17, 15) is 18.3 Å². The minimum absolute atomic E-state index is 0.207. The van der Waals surface area contributed by atoms with Crippen molar-refractivity contribution in [2.45, 2.75) is 45.1 Å². The molecule has 8 heteroatoms. The van der Waals surface area contributed by atoms with Crippen LogP contribution in [0.25, 0.3) is 0 Å². The minimum Gasteiger partial charge on any atom is -0.486 e. The van der Waals surface area contributed by atoms with Crippen LogP contribution in [0.1, 0.15) is 29.9 Å². The van der Waals surface area contributed by atoms with Crippen LogP contribution in [-0.4, -0.2) is 40.4 Å². The van der Waals surface area contributed by atoms with E-state index in [2.05, 4.69) is 9.97 Å². The lowest BCUT2D eigenvalue weighted by molar-refractivity contribution is -0.141. The van der Waals surface area contributed by atoms with Gasteiger partial charge in [-0.3, -0.25) is 4.98 Å². The normalized spacial score (nSPS) is 27.0. The van der Waals surface area contributed by atoms with Gasteiger partial charge in [0.2, 0.25) is 0 Å². The van der Waals surface area contributed by atoms with Crippen molar-refractivity contribution in [3.8, 4) is 5.75 Å². The summed E-state index contributed by atoms with van der Waals surface area (Å²) in [7, 11) is 0. The number of pyridine rings is 2. The third-order valence-corrected chi connectivity index (χ3v) is 5.89. The predicted molar refractivity (Wildman–Crippen MR) is 102 cm³/mol. The molecule has 0 radical (unpaired) electrons. The topological polar surface area (TPSA) is 58.5 Å². The van der Waals surface area contributed by atoms with E-state index in [1.54, 1.807) is 6.07 Å². The fourth-order valence-electron chi connectivity index (χ4n) is 4.42. The van der Waals surface area contributed by atoms with Crippen LogP contribution in [0.2, 0.25) is 0 Å². The molecule has 4 rings (SSSR count). The number of aliphatic hydroxyl groups excluding tert-OH is 1. The molecule has 5 nitrogen and oxygen atoms in total. The molecule has 0 aromatic carbocycles. The van der Waals surface area contributed by atoms with Crippen LogP contribution in [-0.2, 0) is 6.18 Å². The highest BCUT2D eigenvalue weighted by molar-refractivity contribution is 5.41. The van der Waals surface area contributed by atoms with Gasteiger partial charge in [-0.25, -0.2) is 4.98 Å². The van der Waals surface area contributed by atoms with Crippen molar-refractivity contribution in [2.75, 3.05) is 18.0 Å². The van der Waals surface area contributed by atoms with Crippen molar-refractivity contribution in [2.24, 2.45) is 11.8 Å². The number of hydrogen-bond donors (Lipinski definition) is 1. The maximum atomic E-state index is 13.0. The molecule has 2 fully saturated rings. The fourth-order valence-corrected chi connectivity index (χ4v) is 4.42. The number of aryl methyl sites for hydroxylation is 2. The van der Waals surface area contributed by atoms with E-state index < -0.39 is 18.0 Å². The zero-order chi connectivity index (χ0) is 20.8. The highest BCUT2D eigenvalue weighted by Crippen LogP contribution is 2.40. The monoisotopic (exact) mass is 407 g/mol. The van der Waals surface area contributed by atoms with Crippen LogP contribution in [0.3, 0.4) is 0 Å². The van der Waals surface area contributed by atoms with Crippen LogP contribution in [0, 0.1) is 25.7 Å². The van der Waals surface area contributed by atoms with E-state index in [1.165, 1.54) is 6.07 Å². The molecule has 3 heterocycles. The summed E-state index contributed by atoms with van der Waals surface area (Å²) in [5.74, 6) is 1.43. The van der Waals surface area contributed by atoms with Crippen LogP contribution < -0.4 is 9.64 Å². The quantitative estimate of drug-likeness (QED) is 0.840. The maximum absolute atomic E-state index is 13.0. The molecule has 156 valence electrons. The smallest absolute Gasteiger partial charge is 0.433 e. The van der Waals surface area contributed by atoms with Gasteiger partial charge in [0.1, 0.15) is 23.4 Å².